The fourth-order valence-electron chi connectivity index (χ4n) is 2.29. The Morgan fingerprint density at radius 1 is 1.62 bits per heavy atom. The third-order valence-electron chi connectivity index (χ3n) is 3.39. The molecule has 1 aromatic heterocycles. The van der Waals surface area contributed by atoms with E-state index >= 15 is 0 Å². The molecule has 0 spiro atoms. The second-order valence-electron chi connectivity index (χ2n) is 4.83. The van der Waals surface area contributed by atoms with Crippen molar-refractivity contribution in [2.24, 2.45) is 5.92 Å². The van der Waals surface area contributed by atoms with Crippen LogP contribution in [0, 0.1) is 5.92 Å². The molecule has 88 valence electrons. The first-order valence-corrected chi connectivity index (χ1v) is 6.07. The highest BCUT2D eigenvalue weighted by molar-refractivity contribution is 5.12. The maximum absolute atomic E-state index is 4.15. The van der Waals surface area contributed by atoms with Gasteiger partial charge in [-0.2, -0.15) is 0 Å². The molecule has 1 saturated heterocycles. The third-order valence-corrected chi connectivity index (χ3v) is 3.39. The van der Waals surface area contributed by atoms with Crippen LogP contribution in [0.3, 0.4) is 0 Å². The topological polar surface area (TPSA) is 28.2 Å². The first-order chi connectivity index (χ1) is 7.75. The zero-order chi connectivity index (χ0) is 11.4. The monoisotopic (exact) mass is 219 g/mol. The lowest BCUT2D eigenvalue weighted by molar-refractivity contribution is 0.382. The van der Waals surface area contributed by atoms with Gasteiger partial charge in [-0.15, -0.1) is 0 Å². The van der Waals surface area contributed by atoms with E-state index in [0.717, 1.165) is 12.5 Å². The second-order valence-corrected chi connectivity index (χ2v) is 4.83. The minimum absolute atomic E-state index is 0.402. The van der Waals surface area contributed by atoms with E-state index in [-0.39, 0.29) is 0 Å². The molecule has 16 heavy (non-hydrogen) atoms. The van der Waals surface area contributed by atoms with Crippen molar-refractivity contribution in [2.45, 2.75) is 19.4 Å². The summed E-state index contributed by atoms with van der Waals surface area (Å²) in [6, 6.07) is 4.53. The van der Waals surface area contributed by atoms with Crippen molar-refractivity contribution in [2.75, 3.05) is 26.7 Å². The summed E-state index contributed by atoms with van der Waals surface area (Å²) in [4.78, 5) is 6.55. The molecule has 1 aliphatic heterocycles. The number of aromatic nitrogens is 1. The van der Waals surface area contributed by atoms with Crippen molar-refractivity contribution < 1.29 is 0 Å². The quantitative estimate of drug-likeness (QED) is 0.835. The lowest BCUT2D eigenvalue weighted by Crippen LogP contribution is -2.27. The van der Waals surface area contributed by atoms with Gasteiger partial charge in [-0.1, -0.05) is 6.07 Å². The van der Waals surface area contributed by atoms with Crippen molar-refractivity contribution >= 4 is 0 Å². The summed E-state index contributed by atoms with van der Waals surface area (Å²) >= 11 is 0. The van der Waals surface area contributed by atoms with Gasteiger partial charge in [0.1, 0.15) is 0 Å². The summed E-state index contributed by atoms with van der Waals surface area (Å²) in [5.41, 5.74) is 1.27. The molecule has 1 N–H and O–H groups in total. The molecule has 0 radical (unpaired) electrons. The van der Waals surface area contributed by atoms with Gasteiger partial charge in [0.2, 0.25) is 0 Å². The molecule has 2 atom stereocenters. The minimum Gasteiger partial charge on any atom is -0.310 e. The Balaban J connectivity index is 1.78. The van der Waals surface area contributed by atoms with E-state index in [1.165, 1.54) is 25.1 Å². The predicted octanol–water partition coefficient (Wildman–Crippen LogP) is 1.68. The average Bonchev–Trinajstić information content (AvgIpc) is 2.73. The van der Waals surface area contributed by atoms with Gasteiger partial charge in [0, 0.05) is 25.0 Å². The van der Waals surface area contributed by atoms with Crippen LogP contribution in [0.25, 0.3) is 0 Å². The van der Waals surface area contributed by atoms with Crippen molar-refractivity contribution in [3.8, 4) is 0 Å². The van der Waals surface area contributed by atoms with E-state index in [0.29, 0.717) is 6.04 Å². The van der Waals surface area contributed by atoms with Crippen LogP contribution in [0.5, 0.6) is 0 Å². The average molecular weight is 219 g/mol. The van der Waals surface area contributed by atoms with E-state index in [4.69, 9.17) is 0 Å². The SMILES string of the molecule is CC(NCC1CCN(C)C1)c1cccnc1. The van der Waals surface area contributed by atoms with Crippen LogP contribution in [0.2, 0.25) is 0 Å². The number of likely N-dealkylation sites (tertiary alicyclic amines) is 1. The Morgan fingerprint density at radius 2 is 2.50 bits per heavy atom. The normalized spacial score (nSPS) is 23.5. The van der Waals surface area contributed by atoms with Gasteiger partial charge in [0.25, 0.3) is 0 Å². The van der Waals surface area contributed by atoms with E-state index < -0.39 is 0 Å². The van der Waals surface area contributed by atoms with Gasteiger partial charge in [0.05, 0.1) is 0 Å². The summed E-state index contributed by atoms with van der Waals surface area (Å²) in [7, 11) is 2.20. The van der Waals surface area contributed by atoms with E-state index in [1.54, 1.807) is 0 Å². The fourth-order valence-corrected chi connectivity index (χ4v) is 2.29. The van der Waals surface area contributed by atoms with E-state index in [2.05, 4.69) is 35.2 Å². The maximum atomic E-state index is 4.15. The van der Waals surface area contributed by atoms with Gasteiger partial charge >= 0.3 is 0 Å². The zero-order valence-electron chi connectivity index (χ0n) is 10.2. The first-order valence-electron chi connectivity index (χ1n) is 6.07. The summed E-state index contributed by atoms with van der Waals surface area (Å²) < 4.78 is 0. The fraction of sp³-hybridized carbons (Fsp3) is 0.615. The van der Waals surface area contributed by atoms with Crippen LogP contribution in [-0.4, -0.2) is 36.6 Å². The molecule has 1 aliphatic rings. The molecule has 0 aliphatic carbocycles. The highest BCUT2D eigenvalue weighted by Crippen LogP contribution is 2.15. The van der Waals surface area contributed by atoms with E-state index in [1.807, 2.05) is 18.5 Å². The van der Waals surface area contributed by atoms with Crippen molar-refractivity contribution in [1.82, 2.24) is 15.2 Å². The largest absolute Gasteiger partial charge is 0.310 e. The summed E-state index contributed by atoms with van der Waals surface area (Å²) in [6.07, 6.45) is 5.09. The highest BCUT2D eigenvalue weighted by atomic mass is 15.1. The number of hydrogen-bond acceptors (Lipinski definition) is 3. The Bertz CT molecular complexity index is 312. The molecule has 3 nitrogen and oxygen atoms in total. The molecule has 2 heterocycles. The van der Waals surface area contributed by atoms with Crippen molar-refractivity contribution in [1.29, 1.82) is 0 Å². The number of nitrogens with one attached hydrogen (secondary N) is 1. The summed E-state index contributed by atoms with van der Waals surface area (Å²) in [5, 5.41) is 3.59. The molecule has 2 unspecified atom stereocenters. The molecule has 3 heteroatoms. The number of hydrogen-bond donors (Lipinski definition) is 1. The predicted molar refractivity (Wildman–Crippen MR) is 66.3 cm³/mol. The summed E-state index contributed by atoms with van der Waals surface area (Å²) in [5.74, 6) is 0.809. The molecule has 0 saturated carbocycles. The van der Waals surface area contributed by atoms with Crippen molar-refractivity contribution in [3.05, 3.63) is 30.1 Å². The Hall–Kier alpha value is -0.930. The summed E-state index contributed by atoms with van der Waals surface area (Å²) in [6.45, 7) is 5.79. The van der Waals surface area contributed by atoms with Crippen LogP contribution < -0.4 is 5.32 Å². The molecule has 0 amide bonds. The minimum atomic E-state index is 0.402. The molecule has 0 aromatic carbocycles. The zero-order valence-corrected chi connectivity index (χ0v) is 10.2. The Labute approximate surface area is 97.9 Å². The number of nitrogens with zero attached hydrogens (tertiary/aromatic N) is 2. The molecule has 2 rings (SSSR count). The smallest absolute Gasteiger partial charge is 0.0315 e. The number of rotatable bonds is 4. The Morgan fingerprint density at radius 3 is 3.12 bits per heavy atom. The highest BCUT2D eigenvalue weighted by Gasteiger charge is 2.19. The first kappa shape index (κ1) is 11.6. The number of pyridine rings is 1. The standard InChI is InChI=1S/C13H21N3/c1-11(13-4-3-6-14-9-13)15-8-12-5-7-16(2)10-12/h3-4,6,9,11-12,15H,5,7-8,10H2,1-2H3. The lowest BCUT2D eigenvalue weighted by Gasteiger charge is -2.17. The van der Waals surface area contributed by atoms with Gasteiger partial charge in [-0.3, -0.25) is 4.98 Å². The van der Waals surface area contributed by atoms with E-state index in [9.17, 15) is 0 Å². The van der Waals surface area contributed by atoms with Gasteiger partial charge in [0.15, 0.2) is 0 Å². The van der Waals surface area contributed by atoms with Crippen LogP contribution >= 0.6 is 0 Å². The maximum Gasteiger partial charge on any atom is 0.0315 e. The van der Waals surface area contributed by atoms with Gasteiger partial charge in [-0.25, -0.2) is 0 Å². The molecule has 1 fully saturated rings. The van der Waals surface area contributed by atoms with Gasteiger partial charge in [-0.05, 0) is 51.0 Å². The molecule has 0 bridgehead atoms. The van der Waals surface area contributed by atoms with Gasteiger partial charge < -0.3 is 10.2 Å². The molecule has 1 aromatic rings. The third kappa shape index (κ3) is 3.03. The van der Waals surface area contributed by atoms with Crippen molar-refractivity contribution in [3.63, 3.8) is 0 Å². The van der Waals surface area contributed by atoms with Crippen LogP contribution in [0.15, 0.2) is 24.5 Å². The molecular weight excluding hydrogens is 198 g/mol. The van der Waals surface area contributed by atoms with Crippen LogP contribution in [0.4, 0.5) is 0 Å². The Kier molecular flexibility index (Phi) is 3.91. The lowest BCUT2D eigenvalue weighted by atomic mass is 10.1. The van der Waals surface area contributed by atoms with Crippen LogP contribution in [0.1, 0.15) is 24.9 Å². The second kappa shape index (κ2) is 5.41. The molecular formula is C13H21N3. The van der Waals surface area contributed by atoms with Crippen LogP contribution in [-0.2, 0) is 0 Å².